The molecule has 20 heavy (non-hydrogen) atoms. The normalized spacial score (nSPS) is 14.1. The van der Waals surface area contributed by atoms with Gasteiger partial charge in [0.25, 0.3) is 0 Å². The Kier molecular flexibility index (Phi) is 3.26. The van der Waals surface area contributed by atoms with Crippen LogP contribution in [0.1, 0.15) is 18.4 Å². The van der Waals surface area contributed by atoms with Crippen molar-refractivity contribution in [2.75, 3.05) is 5.32 Å². The fourth-order valence-corrected chi connectivity index (χ4v) is 2.18. The molecule has 0 heterocycles. The van der Waals surface area contributed by atoms with Gasteiger partial charge in [-0.25, -0.2) is 4.39 Å². The molecule has 0 atom stereocenters. The van der Waals surface area contributed by atoms with E-state index in [1.54, 1.807) is 13.0 Å². The number of para-hydroxylation sites is 1. The molecule has 1 N–H and O–H groups in total. The van der Waals surface area contributed by atoms with Crippen molar-refractivity contribution in [3.8, 4) is 11.1 Å². The number of hydrogen-bond acceptors (Lipinski definition) is 1. The number of hydrogen-bond donors (Lipinski definition) is 1. The highest BCUT2D eigenvalue weighted by Crippen LogP contribution is 2.33. The fourth-order valence-electron chi connectivity index (χ4n) is 2.18. The lowest BCUT2D eigenvalue weighted by Gasteiger charge is -2.11. The van der Waals surface area contributed by atoms with E-state index in [4.69, 9.17) is 0 Å². The third kappa shape index (κ3) is 2.57. The molecule has 1 aliphatic rings. The summed E-state index contributed by atoms with van der Waals surface area (Å²) >= 11 is 0. The maximum atomic E-state index is 13.7. The Morgan fingerprint density at radius 1 is 1.20 bits per heavy atom. The lowest BCUT2D eigenvalue weighted by molar-refractivity contribution is -0.117. The second-order valence-corrected chi connectivity index (χ2v) is 5.27. The van der Waals surface area contributed by atoms with Gasteiger partial charge in [-0.15, -0.1) is 0 Å². The van der Waals surface area contributed by atoms with Crippen LogP contribution in [0.15, 0.2) is 42.5 Å². The summed E-state index contributed by atoms with van der Waals surface area (Å²) < 4.78 is 13.7. The number of nitrogens with one attached hydrogen (secondary N) is 1. The number of halogens is 1. The van der Waals surface area contributed by atoms with Crippen LogP contribution < -0.4 is 5.32 Å². The average Bonchev–Trinajstić information content (AvgIpc) is 3.27. The van der Waals surface area contributed by atoms with Crippen molar-refractivity contribution in [2.24, 2.45) is 5.92 Å². The monoisotopic (exact) mass is 269 g/mol. The molecular weight excluding hydrogens is 253 g/mol. The first-order valence-corrected chi connectivity index (χ1v) is 6.81. The van der Waals surface area contributed by atoms with E-state index in [0.29, 0.717) is 5.56 Å². The molecule has 2 aromatic carbocycles. The summed E-state index contributed by atoms with van der Waals surface area (Å²) in [6.07, 6.45) is 1.93. The second kappa shape index (κ2) is 5.08. The summed E-state index contributed by atoms with van der Waals surface area (Å²) in [5, 5.41) is 2.94. The van der Waals surface area contributed by atoms with E-state index in [-0.39, 0.29) is 17.6 Å². The van der Waals surface area contributed by atoms with E-state index in [9.17, 15) is 9.18 Å². The average molecular weight is 269 g/mol. The Labute approximate surface area is 117 Å². The van der Waals surface area contributed by atoms with Crippen molar-refractivity contribution < 1.29 is 9.18 Å². The highest BCUT2D eigenvalue weighted by molar-refractivity contribution is 5.97. The fraction of sp³-hybridized carbons (Fsp3) is 0.235. The van der Waals surface area contributed by atoms with Gasteiger partial charge < -0.3 is 5.32 Å². The first kappa shape index (κ1) is 12.9. The second-order valence-electron chi connectivity index (χ2n) is 5.27. The van der Waals surface area contributed by atoms with Crippen LogP contribution in [0.3, 0.4) is 0 Å². The summed E-state index contributed by atoms with van der Waals surface area (Å²) in [5.41, 5.74) is 2.99. The largest absolute Gasteiger partial charge is 0.325 e. The minimum atomic E-state index is -0.231. The van der Waals surface area contributed by atoms with E-state index in [1.165, 1.54) is 6.07 Å². The zero-order chi connectivity index (χ0) is 14.1. The van der Waals surface area contributed by atoms with E-state index in [1.807, 2.05) is 30.3 Å². The molecule has 0 aliphatic heterocycles. The van der Waals surface area contributed by atoms with Gasteiger partial charge in [0.05, 0.1) is 0 Å². The van der Waals surface area contributed by atoms with E-state index in [2.05, 4.69) is 5.32 Å². The number of amides is 1. The Balaban J connectivity index is 1.95. The number of anilines is 1. The Bertz CT molecular complexity index is 662. The summed E-state index contributed by atoms with van der Waals surface area (Å²) in [7, 11) is 0. The summed E-state index contributed by atoms with van der Waals surface area (Å²) in [6, 6.07) is 12.7. The highest BCUT2D eigenvalue weighted by Gasteiger charge is 2.29. The van der Waals surface area contributed by atoms with Gasteiger partial charge >= 0.3 is 0 Å². The van der Waals surface area contributed by atoms with Crippen molar-refractivity contribution in [3.05, 3.63) is 53.8 Å². The molecule has 0 aromatic heterocycles. The number of rotatable bonds is 3. The van der Waals surface area contributed by atoms with Gasteiger partial charge in [-0.1, -0.05) is 30.3 Å². The van der Waals surface area contributed by atoms with Crippen molar-refractivity contribution in [1.29, 1.82) is 0 Å². The predicted molar refractivity (Wildman–Crippen MR) is 77.9 cm³/mol. The van der Waals surface area contributed by atoms with E-state index in [0.717, 1.165) is 29.7 Å². The molecule has 102 valence electrons. The van der Waals surface area contributed by atoms with Gasteiger partial charge in [-0.3, -0.25) is 4.79 Å². The van der Waals surface area contributed by atoms with Crippen molar-refractivity contribution in [2.45, 2.75) is 19.8 Å². The number of carbonyl (C=O) groups excluding carboxylic acids is 1. The van der Waals surface area contributed by atoms with Crippen LogP contribution in [0.5, 0.6) is 0 Å². The smallest absolute Gasteiger partial charge is 0.227 e. The first-order valence-electron chi connectivity index (χ1n) is 6.81. The maximum Gasteiger partial charge on any atom is 0.227 e. The quantitative estimate of drug-likeness (QED) is 0.891. The van der Waals surface area contributed by atoms with Gasteiger partial charge in [-0.05, 0) is 43.0 Å². The molecule has 2 aromatic rings. The van der Waals surface area contributed by atoms with E-state index >= 15 is 0 Å². The zero-order valence-corrected chi connectivity index (χ0v) is 11.3. The molecule has 0 unspecified atom stereocenters. The van der Waals surface area contributed by atoms with Gasteiger partial charge in [-0.2, -0.15) is 0 Å². The molecule has 0 radical (unpaired) electrons. The third-order valence-electron chi connectivity index (χ3n) is 3.62. The standard InChI is InChI=1S/C17H16FNO/c1-11-6-7-13(10-15(11)18)14-4-2-3-5-16(14)19-17(20)12-8-9-12/h2-7,10,12H,8-9H2,1H3,(H,19,20). The maximum absolute atomic E-state index is 13.7. The number of benzene rings is 2. The molecule has 1 fully saturated rings. The van der Waals surface area contributed by atoms with E-state index < -0.39 is 0 Å². The van der Waals surface area contributed by atoms with Gasteiger partial charge in [0.2, 0.25) is 5.91 Å². The topological polar surface area (TPSA) is 29.1 Å². The van der Waals surface area contributed by atoms with Crippen molar-refractivity contribution in [1.82, 2.24) is 0 Å². The van der Waals surface area contributed by atoms with Crippen LogP contribution in [-0.2, 0) is 4.79 Å². The first-order chi connectivity index (χ1) is 9.65. The third-order valence-corrected chi connectivity index (χ3v) is 3.62. The molecule has 3 rings (SSSR count). The highest BCUT2D eigenvalue weighted by atomic mass is 19.1. The van der Waals surface area contributed by atoms with Crippen molar-refractivity contribution in [3.63, 3.8) is 0 Å². The molecule has 0 saturated heterocycles. The lowest BCUT2D eigenvalue weighted by atomic mass is 10.0. The Hall–Kier alpha value is -2.16. The minimum Gasteiger partial charge on any atom is -0.325 e. The molecule has 1 saturated carbocycles. The molecule has 0 bridgehead atoms. The van der Waals surface area contributed by atoms with Crippen molar-refractivity contribution >= 4 is 11.6 Å². The number of aryl methyl sites for hydroxylation is 1. The predicted octanol–water partition coefficient (Wildman–Crippen LogP) is 4.15. The molecular formula is C17H16FNO. The van der Waals surface area contributed by atoms with Gasteiger partial charge in [0.1, 0.15) is 5.82 Å². The molecule has 3 heteroatoms. The van der Waals surface area contributed by atoms with Crippen LogP contribution in [-0.4, -0.2) is 5.91 Å². The summed E-state index contributed by atoms with van der Waals surface area (Å²) in [4.78, 5) is 11.9. The number of carbonyl (C=O) groups is 1. The summed E-state index contributed by atoms with van der Waals surface area (Å²) in [6.45, 7) is 1.74. The van der Waals surface area contributed by atoms with Crippen LogP contribution in [0.4, 0.5) is 10.1 Å². The van der Waals surface area contributed by atoms with Crippen LogP contribution in [0.25, 0.3) is 11.1 Å². The molecule has 2 nitrogen and oxygen atoms in total. The molecule has 0 spiro atoms. The van der Waals surface area contributed by atoms with Crippen LogP contribution in [0.2, 0.25) is 0 Å². The van der Waals surface area contributed by atoms with Crippen LogP contribution in [0, 0.1) is 18.7 Å². The molecule has 1 aliphatic carbocycles. The lowest BCUT2D eigenvalue weighted by Crippen LogP contribution is -2.13. The van der Waals surface area contributed by atoms with Gasteiger partial charge in [0, 0.05) is 17.2 Å². The summed E-state index contributed by atoms with van der Waals surface area (Å²) in [5.74, 6) is -0.0198. The van der Waals surface area contributed by atoms with Gasteiger partial charge in [0.15, 0.2) is 0 Å². The molecule has 1 amide bonds. The Morgan fingerprint density at radius 2 is 1.95 bits per heavy atom. The SMILES string of the molecule is Cc1ccc(-c2ccccc2NC(=O)C2CC2)cc1F. The minimum absolute atomic E-state index is 0.0602. The van der Waals surface area contributed by atoms with Crippen LogP contribution >= 0.6 is 0 Å². The Morgan fingerprint density at radius 3 is 2.65 bits per heavy atom. The zero-order valence-electron chi connectivity index (χ0n) is 11.3.